The second-order valence-corrected chi connectivity index (χ2v) is 8.47. The zero-order valence-corrected chi connectivity index (χ0v) is 18.1. The second kappa shape index (κ2) is 8.46. The topological polar surface area (TPSA) is 65.5 Å². The van der Waals surface area contributed by atoms with Crippen LogP contribution in [0, 0.1) is 6.92 Å². The van der Waals surface area contributed by atoms with Gasteiger partial charge in [-0.05, 0) is 49.1 Å². The highest BCUT2D eigenvalue weighted by Crippen LogP contribution is 2.30. The molecule has 2 aliphatic rings. The molecule has 1 fully saturated rings. The van der Waals surface area contributed by atoms with Gasteiger partial charge in [0.2, 0.25) is 5.91 Å². The number of fused-ring (bicyclic) bond motifs is 1. The molecule has 32 heavy (non-hydrogen) atoms. The van der Waals surface area contributed by atoms with Crippen molar-refractivity contribution in [2.75, 3.05) is 23.3 Å². The molecule has 2 aromatic carbocycles. The number of amides is 2. The van der Waals surface area contributed by atoms with Gasteiger partial charge in [-0.3, -0.25) is 9.59 Å². The average molecular weight is 427 g/mol. The average Bonchev–Trinajstić information content (AvgIpc) is 3.39. The number of benzene rings is 2. The molecule has 1 unspecified atom stereocenters. The first kappa shape index (κ1) is 20.2. The van der Waals surface area contributed by atoms with E-state index in [2.05, 4.69) is 47.6 Å². The van der Waals surface area contributed by atoms with Crippen LogP contribution >= 0.6 is 0 Å². The molecule has 1 aromatic heterocycles. The molecule has 3 heterocycles. The minimum atomic E-state index is -0.382. The zero-order chi connectivity index (χ0) is 22.1. The molecule has 0 saturated carbocycles. The van der Waals surface area contributed by atoms with E-state index in [0.29, 0.717) is 37.4 Å². The Hall–Kier alpha value is -3.67. The standard InChI is InChI=1S/C26H26N4O2/c1-18-8-10-19(11-9-18)17-29-15-13-22(26(29)32)28-24-21(6-4-14-27-24)25(31)30-16-12-20-5-2-3-7-23(20)30/h2-11,14,22H,12-13,15-17H2,1H3,(H,27,28). The van der Waals surface area contributed by atoms with E-state index in [-0.39, 0.29) is 17.9 Å². The summed E-state index contributed by atoms with van der Waals surface area (Å²) >= 11 is 0. The van der Waals surface area contributed by atoms with Crippen LogP contribution in [0.4, 0.5) is 11.5 Å². The lowest BCUT2D eigenvalue weighted by atomic mass is 10.1. The zero-order valence-electron chi connectivity index (χ0n) is 18.1. The van der Waals surface area contributed by atoms with Crippen LogP contribution in [-0.4, -0.2) is 40.8 Å². The summed E-state index contributed by atoms with van der Waals surface area (Å²) in [6.45, 7) is 3.98. The van der Waals surface area contributed by atoms with E-state index in [1.807, 2.05) is 23.1 Å². The van der Waals surface area contributed by atoms with E-state index in [0.717, 1.165) is 17.7 Å². The first-order chi connectivity index (χ1) is 15.6. The molecule has 1 N–H and O–H groups in total. The quantitative estimate of drug-likeness (QED) is 0.674. The number of nitrogens with zero attached hydrogens (tertiary/aromatic N) is 3. The smallest absolute Gasteiger partial charge is 0.262 e. The fraction of sp³-hybridized carbons (Fsp3) is 0.269. The molecular weight excluding hydrogens is 400 g/mol. The first-order valence-electron chi connectivity index (χ1n) is 11.1. The minimum absolute atomic E-state index is 0.0427. The maximum Gasteiger partial charge on any atom is 0.262 e. The van der Waals surface area contributed by atoms with Crippen LogP contribution in [0.3, 0.4) is 0 Å². The third kappa shape index (κ3) is 3.84. The first-order valence-corrected chi connectivity index (χ1v) is 11.1. The predicted molar refractivity (Wildman–Crippen MR) is 125 cm³/mol. The summed E-state index contributed by atoms with van der Waals surface area (Å²) in [7, 11) is 0. The Morgan fingerprint density at radius 2 is 1.88 bits per heavy atom. The third-order valence-electron chi connectivity index (χ3n) is 6.27. The summed E-state index contributed by atoms with van der Waals surface area (Å²) in [5.74, 6) is 0.422. The van der Waals surface area contributed by atoms with E-state index in [4.69, 9.17) is 0 Å². The number of carbonyl (C=O) groups excluding carboxylic acids is 2. The van der Waals surface area contributed by atoms with Crippen molar-refractivity contribution in [2.45, 2.75) is 32.4 Å². The second-order valence-electron chi connectivity index (χ2n) is 8.47. The van der Waals surface area contributed by atoms with Crippen molar-refractivity contribution >= 4 is 23.3 Å². The van der Waals surface area contributed by atoms with Crippen molar-refractivity contribution in [3.05, 3.63) is 89.1 Å². The van der Waals surface area contributed by atoms with Gasteiger partial charge >= 0.3 is 0 Å². The number of hydrogen-bond acceptors (Lipinski definition) is 4. The number of pyridine rings is 1. The lowest BCUT2D eigenvalue weighted by molar-refractivity contribution is -0.128. The Morgan fingerprint density at radius 3 is 2.72 bits per heavy atom. The highest BCUT2D eigenvalue weighted by molar-refractivity contribution is 6.10. The number of carbonyl (C=O) groups is 2. The van der Waals surface area contributed by atoms with E-state index in [1.54, 1.807) is 23.2 Å². The van der Waals surface area contributed by atoms with Gasteiger partial charge in [0, 0.05) is 31.5 Å². The molecular formula is C26H26N4O2. The lowest BCUT2D eigenvalue weighted by Gasteiger charge is -2.21. The Balaban J connectivity index is 1.31. The summed E-state index contributed by atoms with van der Waals surface area (Å²) < 4.78 is 0. The summed E-state index contributed by atoms with van der Waals surface area (Å²) in [5.41, 5.74) is 4.94. The molecule has 2 amide bonds. The summed E-state index contributed by atoms with van der Waals surface area (Å²) in [5, 5.41) is 3.26. The van der Waals surface area contributed by atoms with Gasteiger partial charge in [-0.25, -0.2) is 4.98 Å². The molecule has 162 valence electrons. The van der Waals surface area contributed by atoms with Crippen LogP contribution < -0.4 is 10.2 Å². The Kier molecular flexibility index (Phi) is 5.35. The number of nitrogens with one attached hydrogen (secondary N) is 1. The molecule has 3 aromatic rings. The fourth-order valence-electron chi connectivity index (χ4n) is 4.50. The number of anilines is 2. The largest absolute Gasteiger partial charge is 0.358 e. The minimum Gasteiger partial charge on any atom is -0.358 e. The van der Waals surface area contributed by atoms with E-state index < -0.39 is 0 Å². The van der Waals surface area contributed by atoms with E-state index in [9.17, 15) is 9.59 Å². The van der Waals surface area contributed by atoms with Crippen LogP contribution in [0.1, 0.15) is 33.5 Å². The van der Waals surface area contributed by atoms with Gasteiger partial charge in [0.1, 0.15) is 11.9 Å². The normalized spacial score (nSPS) is 17.5. The Bertz CT molecular complexity index is 1160. The van der Waals surface area contributed by atoms with Gasteiger partial charge in [-0.1, -0.05) is 48.0 Å². The molecule has 0 aliphatic carbocycles. The number of rotatable bonds is 5. The molecule has 1 saturated heterocycles. The van der Waals surface area contributed by atoms with Gasteiger partial charge in [0.15, 0.2) is 0 Å². The third-order valence-corrected chi connectivity index (χ3v) is 6.27. The molecule has 1 atom stereocenters. The highest BCUT2D eigenvalue weighted by Gasteiger charge is 2.33. The van der Waals surface area contributed by atoms with Gasteiger partial charge in [0.25, 0.3) is 5.91 Å². The van der Waals surface area contributed by atoms with E-state index in [1.165, 1.54) is 11.1 Å². The number of aromatic nitrogens is 1. The molecule has 5 rings (SSSR count). The molecule has 6 heteroatoms. The predicted octanol–water partition coefficient (Wildman–Crippen LogP) is 3.81. The molecule has 6 nitrogen and oxygen atoms in total. The molecule has 0 radical (unpaired) electrons. The van der Waals surface area contributed by atoms with Gasteiger partial charge in [0.05, 0.1) is 5.56 Å². The summed E-state index contributed by atoms with van der Waals surface area (Å²) in [6.07, 6.45) is 3.18. The lowest BCUT2D eigenvalue weighted by Crippen LogP contribution is -2.35. The van der Waals surface area contributed by atoms with Gasteiger partial charge in [-0.15, -0.1) is 0 Å². The van der Waals surface area contributed by atoms with Crippen LogP contribution in [-0.2, 0) is 17.8 Å². The monoisotopic (exact) mass is 426 g/mol. The molecule has 0 spiro atoms. The fourth-order valence-corrected chi connectivity index (χ4v) is 4.50. The summed E-state index contributed by atoms with van der Waals surface area (Å²) in [6, 6.07) is 19.4. The van der Waals surface area contributed by atoms with E-state index >= 15 is 0 Å². The van der Waals surface area contributed by atoms with Crippen molar-refractivity contribution in [2.24, 2.45) is 0 Å². The van der Waals surface area contributed by atoms with Crippen molar-refractivity contribution in [1.29, 1.82) is 0 Å². The van der Waals surface area contributed by atoms with Crippen molar-refractivity contribution in [3.63, 3.8) is 0 Å². The number of hydrogen-bond donors (Lipinski definition) is 1. The summed E-state index contributed by atoms with van der Waals surface area (Å²) in [4.78, 5) is 34.5. The van der Waals surface area contributed by atoms with Crippen molar-refractivity contribution < 1.29 is 9.59 Å². The maximum absolute atomic E-state index is 13.4. The molecule has 2 aliphatic heterocycles. The van der Waals surface area contributed by atoms with Crippen LogP contribution in [0.5, 0.6) is 0 Å². The van der Waals surface area contributed by atoms with Gasteiger partial charge < -0.3 is 15.1 Å². The highest BCUT2D eigenvalue weighted by atomic mass is 16.2. The number of para-hydroxylation sites is 1. The van der Waals surface area contributed by atoms with Crippen LogP contribution in [0.25, 0.3) is 0 Å². The van der Waals surface area contributed by atoms with Crippen molar-refractivity contribution in [1.82, 2.24) is 9.88 Å². The Morgan fingerprint density at radius 1 is 1.06 bits per heavy atom. The number of aryl methyl sites for hydroxylation is 1. The van der Waals surface area contributed by atoms with Crippen LogP contribution in [0.15, 0.2) is 66.9 Å². The van der Waals surface area contributed by atoms with Crippen LogP contribution in [0.2, 0.25) is 0 Å². The molecule has 0 bridgehead atoms. The van der Waals surface area contributed by atoms with Gasteiger partial charge in [-0.2, -0.15) is 0 Å². The maximum atomic E-state index is 13.4. The Labute approximate surface area is 187 Å². The number of likely N-dealkylation sites (tertiary alicyclic amines) is 1. The SMILES string of the molecule is Cc1ccc(CN2CCC(Nc3ncccc3C(=O)N3CCc4ccccc43)C2=O)cc1. The van der Waals surface area contributed by atoms with Crippen molar-refractivity contribution in [3.8, 4) is 0 Å².